The largest absolute Gasteiger partial charge is 0.361 e. The van der Waals surface area contributed by atoms with Gasteiger partial charge in [-0.15, -0.1) is 0 Å². The van der Waals surface area contributed by atoms with E-state index >= 15 is 0 Å². The summed E-state index contributed by atoms with van der Waals surface area (Å²) >= 11 is 9.14. The monoisotopic (exact) mass is 234 g/mol. The highest BCUT2D eigenvalue weighted by molar-refractivity contribution is 9.10. The number of hydrogen-bond acceptors (Lipinski definition) is 1. The molecule has 3 heteroatoms. The first-order valence-corrected chi connectivity index (χ1v) is 4.39. The molecule has 0 spiro atoms. The third kappa shape index (κ3) is 2.47. The van der Waals surface area contributed by atoms with Crippen LogP contribution in [-0.2, 0) is 4.74 Å². The number of benzene rings is 1. The first kappa shape index (κ1) is 9.04. The van der Waals surface area contributed by atoms with Crippen LogP contribution in [0, 0.1) is 0 Å². The van der Waals surface area contributed by atoms with Gasteiger partial charge in [-0.1, -0.05) is 39.7 Å². The molecular weight excluding hydrogens is 227 g/mol. The number of alkyl halides is 1. The van der Waals surface area contributed by atoms with Gasteiger partial charge in [0.15, 0.2) is 5.56 Å². The second-order valence-electron chi connectivity index (χ2n) is 2.10. The number of halogens is 2. The summed E-state index contributed by atoms with van der Waals surface area (Å²) in [6.45, 7) is 0. The predicted octanol–water partition coefficient (Wildman–Crippen LogP) is 3.33. The van der Waals surface area contributed by atoms with E-state index < -0.39 is 0 Å². The molecule has 1 aromatic rings. The smallest absolute Gasteiger partial charge is 0.156 e. The van der Waals surface area contributed by atoms with Gasteiger partial charge in [-0.2, -0.15) is 0 Å². The molecule has 0 aliphatic rings. The third-order valence-electron chi connectivity index (χ3n) is 1.34. The van der Waals surface area contributed by atoms with Crippen molar-refractivity contribution in [1.82, 2.24) is 0 Å². The minimum Gasteiger partial charge on any atom is -0.361 e. The summed E-state index contributed by atoms with van der Waals surface area (Å²) in [4.78, 5) is 0. The van der Waals surface area contributed by atoms with E-state index in [4.69, 9.17) is 16.3 Å². The van der Waals surface area contributed by atoms with Crippen molar-refractivity contribution in [2.24, 2.45) is 0 Å². The van der Waals surface area contributed by atoms with Gasteiger partial charge in [0.1, 0.15) is 0 Å². The number of hydrogen-bond donors (Lipinski definition) is 0. The molecule has 1 aromatic carbocycles. The normalized spacial score (nSPS) is 13.0. The number of rotatable bonds is 2. The van der Waals surface area contributed by atoms with Gasteiger partial charge in [0.25, 0.3) is 0 Å². The molecule has 0 radical (unpaired) electrons. The van der Waals surface area contributed by atoms with E-state index in [2.05, 4.69) is 15.9 Å². The quantitative estimate of drug-likeness (QED) is 0.715. The van der Waals surface area contributed by atoms with Gasteiger partial charge in [0.2, 0.25) is 0 Å². The van der Waals surface area contributed by atoms with Gasteiger partial charge >= 0.3 is 0 Å². The van der Waals surface area contributed by atoms with Gasteiger partial charge < -0.3 is 4.74 Å². The van der Waals surface area contributed by atoms with Gasteiger partial charge in [-0.05, 0) is 17.7 Å². The Labute approximate surface area is 79.4 Å². The van der Waals surface area contributed by atoms with Crippen LogP contribution in [0.5, 0.6) is 0 Å². The number of ether oxygens (including phenoxy) is 1. The molecule has 1 atom stereocenters. The summed E-state index contributed by atoms with van der Waals surface area (Å²) < 4.78 is 5.97. The minimum absolute atomic E-state index is 0.344. The van der Waals surface area contributed by atoms with Crippen LogP contribution >= 0.6 is 27.5 Å². The SMILES string of the molecule is COC(Cl)c1ccc(Br)cc1. The Morgan fingerprint density at radius 2 is 1.91 bits per heavy atom. The van der Waals surface area contributed by atoms with Crippen molar-refractivity contribution in [1.29, 1.82) is 0 Å². The molecule has 0 aromatic heterocycles. The highest BCUT2D eigenvalue weighted by Crippen LogP contribution is 2.22. The van der Waals surface area contributed by atoms with Gasteiger partial charge in [0.05, 0.1) is 0 Å². The van der Waals surface area contributed by atoms with E-state index in [-0.39, 0.29) is 5.56 Å². The highest BCUT2D eigenvalue weighted by atomic mass is 79.9. The van der Waals surface area contributed by atoms with Crippen LogP contribution < -0.4 is 0 Å². The Morgan fingerprint density at radius 1 is 1.36 bits per heavy atom. The first-order valence-electron chi connectivity index (χ1n) is 3.16. The second kappa shape index (κ2) is 4.10. The first-order chi connectivity index (χ1) is 5.24. The molecule has 0 bridgehead atoms. The fourth-order valence-electron chi connectivity index (χ4n) is 0.750. The molecule has 0 fully saturated rings. The van der Waals surface area contributed by atoms with Gasteiger partial charge in [-0.25, -0.2) is 0 Å². The van der Waals surface area contributed by atoms with Gasteiger partial charge in [0, 0.05) is 11.6 Å². The molecule has 1 nitrogen and oxygen atoms in total. The van der Waals surface area contributed by atoms with Gasteiger partial charge in [-0.3, -0.25) is 0 Å². The Balaban J connectivity index is 2.81. The van der Waals surface area contributed by atoms with Crippen LogP contribution in [0.25, 0.3) is 0 Å². The van der Waals surface area contributed by atoms with E-state index in [1.807, 2.05) is 24.3 Å². The van der Waals surface area contributed by atoms with Crippen LogP contribution in [0.1, 0.15) is 11.1 Å². The molecule has 1 unspecified atom stereocenters. The average Bonchev–Trinajstić information content (AvgIpc) is 2.05. The minimum atomic E-state index is -0.344. The van der Waals surface area contributed by atoms with Crippen molar-refractivity contribution >= 4 is 27.5 Å². The Morgan fingerprint density at radius 3 is 2.36 bits per heavy atom. The molecule has 0 aliphatic heterocycles. The second-order valence-corrected chi connectivity index (χ2v) is 3.42. The maximum absolute atomic E-state index is 5.81. The molecular formula is C8H8BrClO. The van der Waals surface area contributed by atoms with Crippen molar-refractivity contribution in [3.8, 4) is 0 Å². The summed E-state index contributed by atoms with van der Waals surface area (Å²) in [7, 11) is 1.58. The third-order valence-corrected chi connectivity index (χ3v) is 2.30. The van der Waals surface area contributed by atoms with E-state index in [9.17, 15) is 0 Å². The highest BCUT2D eigenvalue weighted by Gasteiger charge is 2.03. The fourth-order valence-corrected chi connectivity index (χ4v) is 1.16. The van der Waals surface area contributed by atoms with Crippen LogP contribution in [0.15, 0.2) is 28.7 Å². The molecule has 1 rings (SSSR count). The molecule has 0 N–H and O–H groups in total. The zero-order chi connectivity index (χ0) is 8.27. The standard InChI is InChI=1S/C8H8BrClO/c1-11-8(10)6-2-4-7(9)5-3-6/h2-5,8H,1H3. The zero-order valence-electron chi connectivity index (χ0n) is 6.05. The Bertz CT molecular complexity index is 222. The molecule has 0 saturated carbocycles. The summed E-state index contributed by atoms with van der Waals surface area (Å²) in [6.07, 6.45) is 0. The molecule has 0 aliphatic carbocycles. The predicted molar refractivity (Wildman–Crippen MR) is 49.7 cm³/mol. The van der Waals surface area contributed by atoms with Crippen molar-refractivity contribution in [2.75, 3.05) is 7.11 Å². The zero-order valence-corrected chi connectivity index (χ0v) is 8.39. The van der Waals surface area contributed by atoms with E-state index in [1.165, 1.54) is 0 Å². The topological polar surface area (TPSA) is 9.23 Å². The van der Waals surface area contributed by atoms with Crippen molar-refractivity contribution in [3.63, 3.8) is 0 Å². The average molecular weight is 236 g/mol. The van der Waals surface area contributed by atoms with Crippen LogP contribution in [0.3, 0.4) is 0 Å². The van der Waals surface area contributed by atoms with Crippen LogP contribution in [0.4, 0.5) is 0 Å². The van der Waals surface area contributed by atoms with Crippen molar-refractivity contribution < 1.29 is 4.74 Å². The Hall–Kier alpha value is -0.0500. The van der Waals surface area contributed by atoms with Crippen molar-refractivity contribution in [3.05, 3.63) is 34.3 Å². The molecule has 0 saturated heterocycles. The van der Waals surface area contributed by atoms with Crippen LogP contribution in [-0.4, -0.2) is 7.11 Å². The van der Waals surface area contributed by atoms with E-state index in [0.29, 0.717) is 0 Å². The summed E-state index contributed by atoms with van der Waals surface area (Å²) in [6, 6.07) is 7.71. The van der Waals surface area contributed by atoms with E-state index in [0.717, 1.165) is 10.0 Å². The number of methoxy groups -OCH3 is 1. The molecule has 60 valence electrons. The van der Waals surface area contributed by atoms with Crippen LogP contribution in [0.2, 0.25) is 0 Å². The fraction of sp³-hybridized carbons (Fsp3) is 0.250. The lowest BCUT2D eigenvalue weighted by atomic mass is 10.2. The maximum Gasteiger partial charge on any atom is 0.156 e. The Kier molecular flexibility index (Phi) is 3.37. The maximum atomic E-state index is 5.81. The lowest BCUT2D eigenvalue weighted by Gasteiger charge is -2.06. The summed E-state index contributed by atoms with van der Waals surface area (Å²) in [5.41, 5.74) is 0.625. The van der Waals surface area contributed by atoms with E-state index in [1.54, 1.807) is 7.11 Å². The molecule has 11 heavy (non-hydrogen) atoms. The lowest BCUT2D eigenvalue weighted by molar-refractivity contribution is 0.170. The molecule has 0 amide bonds. The summed E-state index contributed by atoms with van der Waals surface area (Å²) in [5, 5.41) is 0. The lowest BCUT2D eigenvalue weighted by Crippen LogP contribution is -1.91. The summed E-state index contributed by atoms with van der Waals surface area (Å²) in [5.74, 6) is 0. The van der Waals surface area contributed by atoms with Crippen molar-refractivity contribution in [2.45, 2.75) is 5.56 Å². The molecule has 0 heterocycles.